The Morgan fingerprint density at radius 2 is 2.11 bits per heavy atom. The second kappa shape index (κ2) is 5.88. The van der Waals surface area contributed by atoms with Gasteiger partial charge in [-0.15, -0.1) is 5.10 Å². The molecule has 1 aromatic carbocycles. The summed E-state index contributed by atoms with van der Waals surface area (Å²) < 4.78 is 19.2. The van der Waals surface area contributed by atoms with E-state index in [0.717, 1.165) is 5.69 Å². The van der Waals surface area contributed by atoms with Crippen molar-refractivity contribution in [1.82, 2.24) is 15.5 Å². The van der Waals surface area contributed by atoms with Crippen molar-refractivity contribution in [1.29, 1.82) is 0 Å². The zero-order valence-corrected chi connectivity index (χ0v) is 11.2. The molecule has 94 valence electrons. The van der Waals surface area contributed by atoms with E-state index < -0.39 is 0 Å². The van der Waals surface area contributed by atoms with Crippen LogP contribution in [0, 0.1) is 5.82 Å². The summed E-state index contributed by atoms with van der Waals surface area (Å²) in [6.45, 7) is 0.636. The van der Waals surface area contributed by atoms with Crippen molar-refractivity contribution in [3.05, 3.63) is 46.3 Å². The Morgan fingerprint density at radius 1 is 1.28 bits per heavy atom. The van der Waals surface area contributed by atoms with Crippen LogP contribution in [0.2, 0.25) is 0 Å². The molecule has 0 bridgehead atoms. The first-order valence-electron chi connectivity index (χ1n) is 5.29. The quantitative estimate of drug-likeness (QED) is 0.943. The third-order valence-electron chi connectivity index (χ3n) is 2.16. The second-order valence-electron chi connectivity index (χ2n) is 3.57. The maximum absolute atomic E-state index is 13.1. The minimum absolute atomic E-state index is 0.321. The standard InChI is InChI=1S/C12H11BrFN3O/c1-15-7-9-3-5-12(17-16-9)18-11-6-8(14)2-4-10(11)13/h2-6,15H,7H2,1H3. The van der Waals surface area contributed by atoms with E-state index in [9.17, 15) is 4.39 Å². The first-order valence-corrected chi connectivity index (χ1v) is 6.08. The number of aromatic nitrogens is 2. The predicted molar refractivity (Wildman–Crippen MR) is 69.0 cm³/mol. The van der Waals surface area contributed by atoms with E-state index in [1.807, 2.05) is 7.05 Å². The molecule has 2 aromatic rings. The van der Waals surface area contributed by atoms with Crippen LogP contribution in [0.15, 0.2) is 34.8 Å². The normalized spacial score (nSPS) is 10.4. The number of rotatable bonds is 4. The molecule has 4 nitrogen and oxygen atoms in total. The predicted octanol–water partition coefficient (Wildman–Crippen LogP) is 2.89. The lowest BCUT2D eigenvalue weighted by Crippen LogP contribution is -2.07. The van der Waals surface area contributed by atoms with Crippen LogP contribution in [-0.2, 0) is 6.54 Å². The number of nitrogens with zero attached hydrogens (tertiary/aromatic N) is 2. The monoisotopic (exact) mass is 311 g/mol. The van der Waals surface area contributed by atoms with E-state index in [1.165, 1.54) is 12.1 Å². The molecular formula is C12H11BrFN3O. The average molecular weight is 312 g/mol. The van der Waals surface area contributed by atoms with Crippen molar-refractivity contribution >= 4 is 15.9 Å². The van der Waals surface area contributed by atoms with Crippen LogP contribution >= 0.6 is 15.9 Å². The fourth-order valence-electron chi connectivity index (χ4n) is 1.35. The summed E-state index contributed by atoms with van der Waals surface area (Å²) in [5.41, 5.74) is 0.808. The molecular weight excluding hydrogens is 301 g/mol. The van der Waals surface area contributed by atoms with E-state index >= 15 is 0 Å². The summed E-state index contributed by atoms with van der Waals surface area (Å²) in [5.74, 6) is 0.319. The SMILES string of the molecule is CNCc1ccc(Oc2cc(F)ccc2Br)nn1. The molecule has 1 aromatic heterocycles. The Hall–Kier alpha value is -1.53. The smallest absolute Gasteiger partial charge is 0.238 e. The van der Waals surface area contributed by atoms with Crippen molar-refractivity contribution in [3.63, 3.8) is 0 Å². The summed E-state index contributed by atoms with van der Waals surface area (Å²) in [6, 6.07) is 7.70. The Kier molecular flexibility index (Phi) is 4.22. The van der Waals surface area contributed by atoms with Gasteiger partial charge in [0.2, 0.25) is 5.88 Å². The van der Waals surface area contributed by atoms with Crippen molar-refractivity contribution in [2.45, 2.75) is 6.54 Å². The maximum atomic E-state index is 13.1. The Balaban J connectivity index is 2.15. The van der Waals surface area contributed by atoms with E-state index in [4.69, 9.17) is 4.74 Å². The van der Waals surface area contributed by atoms with Crippen molar-refractivity contribution in [2.24, 2.45) is 0 Å². The Labute approximate surface area is 112 Å². The van der Waals surface area contributed by atoms with Crippen molar-refractivity contribution in [2.75, 3.05) is 7.05 Å². The number of hydrogen-bond donors (Lipinski definition) is 1. The highest BCUT2D eigenvalue weighted by atomic mass is 79.9. The van der Waals surface area contributed by atoms with Gasteiger partial charge < -0.3 is 10.1 Å². The van der Waals surface area contributed by atoms with E-state index in [2.05, 4.69) is 31.4 Å². The average Bonchev–Trinajstić information content (AvgIpc) is 2.37. The summed E-state index contributed by atoms with van der Waals surface area (Å²) in [4.78, 5) is 0. The third-order valence-corrected chi connectivity index (χ3v) is 2.82. The highest BCUT2D eigenvalue weighted by Gasteiger charge is 2.06. The van der Waals surface area contributed by atoms with Gasteiger partial charge in [-0.1, -0.05) is 0 Å². The molecule has 0 aliphatic heterocycles. The van der Waals surface area contributed by atoms with Gasteiger partial charge in [-0.2, -0.15) is 5.10 Å². The van der Waals surface area contributed by atoms with Gasteiger partial charge in [0.15, 0.2) is 0 Å². The summed E-state index contributed by atoms with van der Waals surface area (Å²) in [7, 11) is 1.83. The lowest BCUT2D eigenvalue weighted by molar-refractivity contribution is 0.446. The zero-order valence-electron chi connectivity index (χ0n) is 9.65. The molecule has 0 spiro atoms. The molecule has 6 heteroatoms. The molecule has 1 heterocycles. The second-order valence-corrected chi connectivity index (χ2v) is 4.42. The molecule has 2 rings (SSSR count). The van der Waals surface area contributed by atoms with Gasteiger partial charge in [-0.25, -0.2) is 4.39 Å². The Morgan fingerprint density at radius 3 is 2.78 bits per heavy atom. The molecule has 0 radical (unpaired) electrons. The van der Waals surface area contributed by atoms with Crippen LogP contribution in [-0.4, -0.2) is 17.2 Å². The lowest BCUT2D eigenvalue weighted by atomic mass is 10.3. The topological polar surface area (TPSA) is 47.0 Å². The summed E-state index contributed by atoms with van der Waals surface area (Å²) >= 11 is 3.28. The molecule has 0 aliphatic carbocycles. The molecule has 18 heavy (non-hydrogen) atoms. The Bertz CT molecular complexity index is 533. The molecule has 0 aliphatic rings. The van der Waals surface area contributed by atoms with Crippen LogP contribution in [0.3, 0.4) is 0 Å². The lowest BCUT2D eigenvalue weighted by Gasteiger charge is -2.06. The maximum Gasteiger partial charge on any atom is 0.238 e. The van der Waals surface area contributed by atoms with Crippen LogP contribution < -0.4 is 10.1 Å². The minimum atomic E-state index is -0.368. The first-order chi connectivity index (χ1) is 8.69. The van der Waals surface area contributed by atoms with Gasteiger partial charge in [0.1, 0.15) is 11.6 Å². The number of benzene rings is 1. The van der Waals surface area contributed by atoms with Gasteiger partial charge in [0.25, 0.3) is 0 Å². The van der Waals surface area contributed by atoms with Crippen LogP contribution in [0.25, 0.3) is 0 Å². The summed E-state index contributed by atoms with van der Waals surface area (Å²) in [5, 5.41) is 10.8. The van der Waals surface area contributed by atoms with Crippen molar-refractivity contribution in [3.8, 4) is 11.6 Å². The van der Waals surface area contributed by atoms with Crippen LogP contribution in [0.4, 0.5) is 4.39 Å². The number of ether oxygens (including phenoxy) is 1. The van der Waals surface area contributed by atoms with E-state index in [0.29, 0.717) is 22.6 Å². The highest BCUT2D eigenvalue weighted by Crippen LogP contribution is 2.29. The largest absolute Gasteiger partial charge is 0.436 e. The van der Waals surface area contributed by atoms with Crippen molar-refractivity contribution < 1.29 is 9.13 Å². The number of halogens is 2. The first kappa shape index (κ1) is 12.9. The number of hydrogen-bond acceptors (Lipinski definition) is 4. The minimum Gasteiger partial charge on any atom is -0.436 e. The third kappa shape index (κ3) is 3.24. The van der Waals surface area contributed by atoms with Gasteiger partial charge in [-0.05, 0) is 41.2 Å². The molecule has 0 atom stereocenters. The molecule has 1 N–H and O–H groups in total. The van der Waals surface area contributed by atoms with Gasteiger partial charge in [0.05, 0.1) is 10.2 Å². The molecule has 0 amide bonds. The van der Waals surface area contributed by atoms with Crippen LogP contribution in [0.1, 0.15) is 5.69 Å². The fraction of sp³-hybridized carbons (Fsp3) is 0.167. The van der Waals surface area contributed by atoms with Crippen LogP contribution in [0.5, 0.6) is 11.6 Å². The van der Waals surface area contributed by atoms with E-state index in [1.54, 1.807) is 18.2 Å². The van der Waals surface area contributed by atoms with Gasteiger partial charge in [0, 0.05) is 18.7 Å². The zero-order chi connectivity index (χ0) is 13.0. The van der Waals surface area contributed by atoms with E-state index in [-0.39, 0.29) is 5.82 Å². The molecule has 0 saturated heterocycles. The molecule has 0 saturated carbocycles. The highest BCUT2D eigenvalue weighted by molar-refractivity contribution is 9.10. The van der Waals surface area contributed by atoms with Gasteiger partial charge in [-0.3, -0.25) is 0 Å². The summed E-state index contributed by atoms with van der Waals surface area (Å²) in [6.07, 6.45) is 0. The number of nitrogens with one attached hydrogen (secondary N) is 1. The molecule has 0 fully saturated rings. The fourth-order valence-corrected chi connectivity index (χ4v) is 1.67. The van der Waals surface area contributed by atoms with Gasteiger partial charge >= 0.3 is 0 Å². The molecule has 0 unspecified atom stereocenters.